The number of nitrogens with one attached hydrogen (secondary N) is 1. The van der Waals surface area contributed by atoms with Gasteiger partial charge in [0.1, 0.15) is 0 Å². The Morgan fingerprint density at radius 2 is 2.15 bits per heavy atom. The molecule has 0 aliphatic heterocycles. The summed E-state index contributed by atoms with van der Waals surface area (Å²) in [5.74, 6) is 0. The molecular formula is C15H19N3O2. The van der Waals surface area contributed by atoms with Crippen LogP contribution in [0.2, 0.25) is 0 Å². The summed E-state index contributed by atoms with van der Waals surface area (Å²) < 4.78 is 0. The van der Waals surface area contributed by atoms with Crippen LogP contribution in [0.25, 0.3) is 10.8 Å². The molecule has 0 aliphatic carbocycles. The lowest BCUT2D eigenvalue weighted by Crippen LogP contribution is -2.15. The van der Waals surface area contributed by atoms with Gasteiger partial charge in [-0.15, -0.1) is 0 Å². The number of rotatable bonds is 6. The van der Waals surface area contributed by atoms with Crippen LogP contribution in [-0.4, -0.2) is 15.9 Å². The van der Waals surface area contributed by atoms with E-state index in [1.54, 1.807) is 30.6 Å². The Balaban J connectivity index is 2.35. The van der Waals surface area contributed by atoms with Gasteiger partial charge in [-0.3, -0.25) is 15.1 Å². The molecule has 1 N–H and O–H groups in total. The average Bonchev–Trinajstić information content (AvgIpc) is 2.45. The second kappa shape index (κ2) is 6.32. The summed E-state index contributed by atoms with van der Waals surface area (Å²) >= 11 is 0. The lowest BCUT2D eigenvalue weighted by Gasteiger charge is -2.16. The molecular weight excluding hydrogens is 254 g/mol. The number of benzene rings is 1. The third-order valence-corrected chi connectivity index (χ3v) is 3.38. The van der Waals surface area contributed by atoms with Gasteiger partial charge >= 0.3 is 0 Å². The molecule has 1 aromatic heterocycles. The van der Waals surface area contributed by atoms with E-state index in [2.05, 4.69) is 24.1 Å². The SMILES string of the molecule is CCCCC(C)Nc1ccc([N+](=O)[O-])c2ccncc12. The van der Waals surface area contributed by atoms with Crippen LogP contribution in [0.4, 0.5) is 11.4 Å². The van der Waals surface area contributed by atoms with Crippen molar-refractivity contribution in [2.45, 2.75) is 39.2 Å². The number of non-ortho nitro benzene ring substituents is 1. The molecule has 0 bridgehead atoms. The lowest BCUT2D eigenvalue weighted by molar-refractivity contribution is -0.383. The molecule has 1 unspecified atom stereocenters. The third-order valence-electron chi connectivity index (χ3n) is 3.38. The molecule has 0 saturated carbocycles. The molecule has 5 nitrogen and oxygen atoms in total. The van der Waals surface area contributed by atoms with Crippen molar-refractivity contribution in [3.63, 3.8) is 0 Å². The van der Waals surface area contributed by atoms with E-state index in [1.165, 1.54) is 0 Å². The van der Waals surface area contributed by atoms with Crippen molar-refractivity contribution in [3.8, 4) is 0 Å². The van der Waals surface area contributed by atoms with E-state index in [9.17, 15) is 10.1 Å². The Morgan fingerprint density at radius 3 is 2.85 bits per heavy atom. The van der Waals surface area contributed by atoms with Crippen LogP contribution in [0.3, 0.4) is 0 Å². The van der Waals surface area contributed by atoms with Crippen molar-refractivity contribution in [2.24, 2.45) is 0 Å². The molecule has 0 spiro atoms. The summed E-state index contributed by atoms with van der Waals surface area (Å²) in [7, 11) is 0. The number of nitrogens with zero attached hydrogens (tertiary/aromatic N) is 2. The van der Waals surface area contributed by atoms with Crippen LogP contribution in [0.15, 0.2) is 30.6 Å². The van der Waals surface area contributed by atoms with Crippen molar-refractivity contribution < 1.29 is 4.92 Å². The van der Waals surface area contributed by atoms with Gasteiger partial charge in [0, 0.05) is 35.6 Å². The van der Waals surface area contributed by atoms with E-state index in [-0.39, 0.29) is 10.6 Å². The fourth-order valence-corrected chi connectivity index (χ4v) is 2.31. The highest BCUT2D eigenvalue weighted by Crippen LogP contribution is 2.31. The zero-order valence-electron chi connectivity index (χ0n) is 11.8. The van der Waals surface area contributed by atoms with Crippen LogP contribution in [0, 0.1) is 10.1 Å². The van der Waals surface area contributed by atoms with Gasteiger partial charge in [-0.1, -0.05) is 19.8 Å². The van der Waals surface area contributed by atoms with E-state index in [0.29, 0.717) is 11.4 Å². The molecule has 1 atom stereocenters. The maximum absolute atomic E-state index is 11.1. The molecule has 1 aromatic carbocycles. The summed E-state index contributed by atoms with van der Waals surface area (Å²) in [5.41, 5.74) is 1.02. The summed E-state index contributed by atoms with van der Waals surface area (Å²) in [6, 6.07) is 5.34. The van der Waals surface area contributed by atoms with E-state index >= 15 is 0 Å². The monoisotopic (exact) mass is 273 g/mol. The predicted molar refractivity (Wildman–Crippen MR) is 81.0 cm³/mol. The second-order valence-electron chi connectivity index (χ2n) is 5.00. The number of pyridine rings is 1. The molecule has 0 fully saturated rings. The number of aromatic nitrogens is 1. The Hall–Kier alpha value is -2.17. The number of nitro benzene ring substituents is 1. The summed E-state index contributed by atoms with van der Waals surface area (Å²) in [4.78, 5) is 14.8. The molecule has 0 radical (unpaired) electrons. The van der Waals surface area contributed by atoms with Crippen molar-refractivity contribution in [1.82, 2.24) is 4.98 Å². The highest BCUT2D eigenvalue weighted by atomic mass is 16.6. The molecule has 20 heavy (non-hydrogen) atoms. The van der Waals surface area contributed by atoms with E-state index in [1.807, 2.05) is 0 Å². The number of hydrogen-bond donors (Lipinski definition) is 1. The molecule has 0 amide bonds. The maximum Gasteiger partial charge on any atom is 0.277 e. The zero-order valence-corrected chi connectivity index (χ0v) is 11.8. The van der Waals surface area contributed by atoms with E-state index < -0.39 is 0 Å². The first-order valence-corrected chi connectivity index (χ1v) is 6.91. The van der Waals surface area contributed by atoms with Gasteiger partial charge in [0.05, 0.1) is 10.3 Å². The van der Waals surface area contributed by atoms with Crippen LogP contribution in [0.1, 0.15) is 33.1 Å². The van der Waals surface area contributed by atoms with Crippen molar-refractivity contribution in [1.29, 1.82) is 0 Å². The highest BCUT2D eigenvalue weighted by molar-refractivity contribution is 5.99. The fourth-order valence-electron chi connectivity index (χ4n) is 2.31. The summed E-state index contributed by atoms with van der Waals surface area (Å²) in [6.07, 6.45) is 6.66. The topological polar surface area (TPSA) is 68.1 Å². The number of anilines is 1. The highest BCUT2D eigenvalue weighted by Gasteiger charge is 2.14. The van der Waals surface area contributed by atoms with Crippen LogP contribution < -0.4 is 5.32 Å². The van der Waals surface area contributed by atoms with Crippen LogP contribution in [-0.2, 0) is 0 Å². The molecule has 0 aliphatic rings. The first-order valence-electron chi connectivity index (χ1n) is 6.91. The standard InChI is InChI=1S/C15H19N3O2/c1-3-4-5-11(2)17-14-6-7-15(18(19)20)12-8-9-16-10-13(12)14/h6-11,17H,3-5H2,1-2H3. The second-order valence-corrected chi connectivity index (χ2v) is 5.00. The first-order chi connectivity index (χ1) is 9.63. The van der Waals surface area contributed by atoms with Crippen LogP contribution >= 0.6 is 0 Å². The average molecular weight is 273 g/mol. The number of fused-ring (bicyclic) bond motifs is 1. The Kier molecular flexibility index (Phi) is 4.50. The van der Waals surface area contributed by atoms with Crippen molar-refractivity contribution in [3.05, 3.63) is 40.7 Å². The van der Waals surface area contributed by atoms with Gasteiger partial charge < -0.3 is 5.32 Å². The summed E-state index contributed by atoms with van der Waals surface area (Å²) in [5, 5.41) is 15.9. The number of unbranched alkanes of at least 4 members (excludes halogenated alkanes) is 1. The molecule has 2 rings (SSSR count). The fraction of sp³-hybridized carbons (Fsp3) is 0.400. The Morgan fingerprint density at radius 1 is 1.35 bits per heavy atom. The molecule has 0 saturated heterocycles. The quantitative estimate of drug-likeness (QED) is 0.634. The Labute approximate surface area is 118 Å². The van der Waals surface area contributed by atoms with Gasteiger partial charge in [0.25, 0.3) is 5.69 Å². The van der Waals surface area contributed by atoms with Crippen LogP contribution in [0.5, 0.6) is 0 Å². The minimum atomic E-state index is -0.355. The normalized spacial score (nSPS) is 12.3. The number of hydrogen-bond acceptors (Lipinski definition) is 4. The smallest absolute Gasteiger partial charge is 0.277 e. The Bertz CT molecular complexity index is 613. The van der Waals surface area contributed by atoms with Gasteiger partial charge in [-0.2, -0.15) is 0 Å². The number of nitro groups is 1. The lowest BCUT2D eigenvalue weighted by atomic mass is 10.1. The molecule has 1 heterocycles. The van der Waals surface area contributed by atoms with Crippen molar-refractivity contribution in [2.75, 3.05) is 5.32 Å². The summed E-state index contributed by atoms with van der Waals surface area (Å²) in [6.45, 7) is 4.29. The molecule has 5 heteroatoms. The van der Waals surface area contributed by atoms with Gasteiger partial charge in [-0.25, -0.2) is 0 Å². The van der Waals surface area contributed by atoms with Crippen molar-refractivity contribution >= 4 is 22.1 Å². The van der Waals surface area contributed by atoms with Gasteiger partial charge in [0.2, 0.25) is 0 Å². The predicted octanol–water partition coefficient (Wildman–Crippen LogP) is 4.13. The molecule has 2 aromatic rings. The van der Waals surface area contributed by atoms with Gasteiger partial charge in [-0.05, 0) is 25.5 Å². The first kappa shape index (κ1) is 14.2. The largest absolute Gasteiger partial charge is 0.382 e. The van der Waals surface area contributed by atoms with E-state index in [4.69, 9.17) is 0 Å². The zero-order chi connectivity index (χ0) is 14.5. The third kappa shape index (κ3) is 3.04. The minimum Gasteiger partial charge on any atom is -0.382 e. The minimum absolute atomic E-state index is 0.120. The van der Waals surface area contributed by atoms with Gasteiger partial charge in [0.15, 0.2) is 0 Å². The van der Waals surface area contributed by atoms with E-state index in [0.717, 1.165) is 30.3 Å². The maximum atomic E-state index is 11.1. The molecule has 106 valence electrons.